The first-order valence-corrected chi connectivity index (χ1v) is 8.87. The number of carbonyl (C=O) groups is 1. The highest BCUT2D eigenvalue weighted by molar-refractivity contribution is 9.10. The Kier molecular flexibility index (Phi) is 7.47. The predicted octanol–water partition coefficient (Wildman–Crippen LogP) is 3.94. The molecule has 0 bridgehead atoms. The number of halogens is 1. The smallest absolute Gasteiger partial charge is 0.277 e. The minimum absolute atomic E-state index is 0.106. The van der Waals surface area contributed by atoms with Crippen molar-refractivity contribution in [3.63, 3.8) is 0 Å². The second-order valence-electron chi connectivity index (χ2n) is 5.20. The highest BCUT2D eigenvalue weighted by atomic mass is 79.9. The summed E-state index contributed by atoms with van der Waals surface area (Å²) in [4.78, 5) is 11.8. The molecule has 0 saturated carbocycles. The molecule has 6 heteroatoms. The summed E-state index contributed by atoms with van der Waals surface area (Å²) in [6.45, 7) is 4.53. The second kappa shape index (κ2) is 9.84. The van der Waals surface area contributed by atoms with Crippen LogP contribution >= 0.6 is 15.9 Å². The molecule has 0 radical (unpaired) electrons. The molecule has 1 N–H and O–H groups in total. The van der Waals surface area contributed by atoms with Crippen LogP contribution in [0.15, 0.2) is 52.0 Å². The summed E-state index contributed by atoms with van der Waals surface area (Å²) < 4.78 is 11.7. The van der Waals surface area contributed by atoms with Crippen LogP contribution in [0.5, 0.6) is 11.5 Å². The maximum Gasteiger partial charge on any atom is 0.277 e. The van der Waals surface area contributed by atoms with Crippen LogP contribution in [-0.4, -0.2) is 25.3 Å². The number of hydrogen-bond acceptors (Lipinski definition) is 4. The maximum absolute atomic E-state index is 11.8. The summed E-state index contributed by atoms with van der Waals surface area (Å²) >= 11 is 3.44. The maximum atomic E-state index is 11.8. The van der Waals surface area contributed by atoms with E-state index in [9.17, 15) is 4.79 Å². The highest BCUT2D eigenvalue weighted by Gasteiger charge is 2.05. The van der Waals surface area contributed by atoms with Crippen LogP contribution in [0.3, 0.4) is 0 Å². The van der Waals surface area contributed by atoms with Crippen LogP contribution in [0.4, 0.5) is 0 Å². The Morgan fingerprint density at radius 1 is 1.16 bits per heavy atom. The summed E-state index contributed by atoms with van der Waals surface area (Å²) in [5, 5.41) is 3.92. The minimum atomic E-state index is -0.325. The summed E-state index contributed by atoms with van der Waals surface area (Å²) in [5.74, 6) is 1.10. The molecule has 2 rings (SSSR count). The van der Waals surface area contributed by atoms with Crippen LogP contribution in [0.25, 0.3) is 0 Å². The van der Waals surface area contributed by atoms with Gasteiger partial charge in [-0.3, -0.25) is 4.79 Å². The van der Waals surface area contributed by atoms with Gasteiger partial charge in [0.2, 0.25) is 0 Å². The van der Waals surface area contributed by atoms with E-state index in [0.29, 0.717) is 12.4 Å². The molecule has 0 atom stereocenters. The number of nitrogens with zero attached hydrogens (tertiary/aromatic N) is 1. The first kappa shape index (κ1) is 19.0. The Hall–Kier alpha value is -2.34. The molecular weight excluding hydrogens is 384 g/mol. The van der Waals surface area contributed by atoms with E-state index in [1.54, 1.807) is 6.21 Å². The normalized spacial score (nSPS) is 10.7. The second-order valence-corrected chi connectivity index (χ2v) is 6.06. The van der Waals surface area contributed by atoms with Crippen molar-refractivity contribution in [2.45, 2.75) is 20.3 Å². The lowest BCUT2D eigenvalue weighted by molar-refractivity contribution is -0.123. The van der Waals surface area contributed by atoms with Crippen molar-refractivity contribution in [3.8, 4) is 11.5 Å². The average Bonchev–Trinajstić information content (AvgIpc) is 2.62. The Morgan fingerprint density at radius 2 is 1.92 bits per heavy atom. The number of amides is 1. The Bertz CT molecular complexity index is 730. The van der Waals surface area contributed by atoms with Gasteiger partial charge in [0.1, 0.15) is 11.5 Å². The van der Waals surface area contributed by atoms with E-state index in [-0.39, 0.29) is 12.5 Å². The van der Waals surface area contributed by atoms with Gasteiger partial charge in [-0.1, -0.05) is 13.0 Å². The lowest BCUT2D eigenvalue weighted by Crippen LogP contribution is -2.24. The predicted molar refractivity (Wildman–Crippen MR) is 102 cm³/mol. The standard InChI is InChI=1S/C19H21BrN2O3/c1-3-14-7-10-18(17(20)11-14)25-13-19(23)22-21-12-15-5-8-16(9-6-15)24-4-2/h5-12H,3-4,13H2,1-2H3,(H,22,23). The first-order valence-electron chi connectivity index (χ1n) is 8.08. The first-order chi connectivity index (χ1) is 12.1. The van der Waals surface area contributed by atoms with Crippen molar-refractivity contribution in [2.24, 2.45) is 5.10 Å². The van der Waals surface area contributed by atoms with Crippen molar-refractivity contribution in [2.75, 3.05) is 13.2 Å². The summed E-state index contributed by atoms with van der Waals surface area (Å²) in [7, 11) is 0. The van der Waals surface area contributed by atoms with Crippen LogP contribution < -0.4 is 14.9 Å². The molecule has 0 aromatic heterocycles. The Balaban J connectivity index is 1.80. The SMILES string of the molecule is CCOc1ccc(C=NNC(=O)COc2ccc(CC)cc2Br)cc1. The number of ether oxygens (including phenoxy) is 2. The zero-order valence-corrected chi connectivity index (χ0v) is 15.9. The monoisotopic (exact) mass is 404 g/mol. The molecule has 0 spiro atoms. The van der Waals surface area contributed by atoms with Crippen LogP contribution in [0, 0.1) is 0 Å². The fraction of sp³-hybridized carbons (Fsp3) is 0.263. The molecule has 0 unspecified atom stereocenters. The van der Waals surface area contributed by atoms with Crippen molar-refractivity contribution < 1.29 is 14.3 Å². The number of aryl methyl sites for hydroxylation is 1. The fourth-order valence-corrected chi connectivity index (χ4v) is 2.59. The lowest BCUT2D eigenvalue weighted by atomic mass is 10.2. The molecular formula is C19H21BrN2O3. The van der Waals surface area contributed by atoms with Crippen LogP contribution in [-0.2, 0) is 11.2 Å². The van der Waals surface area contributed by atoms with Gasteiger partial charge < -0.3 is 9.47 Å². The Morgan fingerprint density at radius 3 is 2.56 bits per heavy atom. The number of benzene rings is 2. The van der Waals surface area contributed by atoms with Gasteiger partial charge >= 0.3 is 0 Å². The van der Waals surface area contributed by atoms with E-state index in [1.165, 1.54) is 5.56 Å². The molecule has 0 heterocycles. The van der Waals surface area contributed by atoms with Crippen molar-refractivity contribution in [1.82, 2.24) is 5.43 Å². The van der Waals surface area contributed by atoms with Gasteiger partial charge in [-0.25, -0.2) is 5.43 Å². The van der Waals surface area contributed by atoms with Gasteiger partial charge in [-0.05, 0) is 76.8 Å². The van der Waals surface area contributed by atoms with Crippen LogP contribution in [0.2, 0.25) is 0 Å². The Labute approximate surface area is 156 Å². The van der Waals surface area contributed by atoms with E-state index in [4.69, 9.17) is 9.47 Å². The summed E-state index contributed by atoms with van der Waals surface area (Å²) in [5.41, 5.74) is 4.50. The van der Waals surface area contributed by atoms with E-state index in [1.807, 2.05) is 49.4 Å². The number of nitrogens with one attached hydrogen (secondary N) is 1. The molecule has 0 saturated heterocycles. The number of hydrogen-bond donors (Lipinski definition) is 1. The lowest BCUT2D eigenvalue weighted by Gasteiger charge is -2.08. The average molecular weight is 405 g/mol. The van der Waals surface area contributed by atoms with Crippen LogP contribution in [0.1, 0.15) is 25.0 Å². The third kappa shape index (κ3) is 6.23. The number of rotatable bonds is 8. The van der Waals surface area contributed by atoms with Crippen molar-refractivity contribution >= 4 is 28.1 Å². The quantitative estimate of drug-likeness (QED) is 0.535. The third-order valence-electron chi connectivity index (χ3n) is 3.36. The molecule has 0 aliphatic heterocycles. The third-order valence-corrected chi connectivity index (χ3v) is 3.98. The van der Waals surface area contributed by atoms with E-state index in [2.05, 4.69) is 33.4 Å². The molecule has 2 aromatic carbocycles. The van der Waals surface area contributed by atoms with Gasteiger partial charge in [-0.2, -0.15) is 5.10 Å². The van der Waals surface area contributed by atoms with Gasteiger partial charge in [-0.15, -0.1) is 0 Å². The van der Waals surface area contributed by atoms with Gasteiger partial charge in [0, 0.05) is 0 Å². The molecule has 25 heavy (non-hydrogen) atoms. The molecule has 0 aliphatic carbocycles. The van der Waals surface area contributed by atoms with Gasteiger partial charge in [0.15, 0.2) is 6.61 Å². The van der Waals surface area contributed by atoms with E-state index < -0.39 is 0 Å². The molecule has 5 nitrogen and oxygen atoms in total. The molecule has 0 aliphatic rings. The molecule has 1 amide bonds. The fourth-order valence-electron chi connectivity index (χ4n) is 2.05. The van der Waals surface area contributed by atoms with E-state index >= 15 is 0 Å². The van der Waals surface area contributed by atoms with Crippen molar-refractivity contribution in [1.29, 1.82) is 0 Å². The highest BCUT2D eigenvalue weighted by Crippen LogP contribution is 2.26. The molecule has 0 fully saturated rings. The minimum Gasteiger partial charge on any atom is -0.494 e. The van der Waals surface area contributed by atoms with Gasteiger partial charge in [0.25, 0.3) is 5.91 Å². The zero-order chi connectivity index (χ0) is 18.1. The topological polar surface area (TPSA) is 59.9 Å². The molecule has 132 valence electrons. The largest absolute Gasteiger partial charge is 0.494 e. The number of carbonyl (C=O) groups excluding carboxylic acids is 1. The summed E-state index contributed by atoms with van der Waals surface area (Å²) in [6.07, 6.45) is 2.51. The van der Waals surface area contributed by atoms with Gasteiger partial charge in [0.05, 0.1) is 17.3 Å². The van der Waals surface area contributed by atoms with E-state index in [0.717, 1.165) is 22.2 Å². The number of hydrazone groups is 1. The van der Waals surface area contributed by atoms with Crippen molar-refractivity contribution in [3.05, 3.63) is 58.1 Å². The zero-order valence-electron chi connectivity index (χ0n) is 14.3. The molecule has 2 aromatic rings. The summed E-state index contributed by atoms with van der Waals surface area (Å²) in [6, 6.07) is 13.2.